The SMILES string of the molecule is Cc1cc(C2(Cl)CCc3cc(O)c(Cl)c(Cl)c3O2)c(C)s1. The number of rotatable bonds is 1. The second-order valence-corrected chi connectivity index (χ2v) is 8.00. The highest BCUT2D eigenvalue weighted by Gasteiger charge is 2.39. The van der Waals surface area contributed by atoms with Crippen molar-refractivity contribution in [2.75, 3.05) is 0 Å². The normalized spacial score (nSPS) is 21.0. The monoisotopic (exact) mass is 362 g/mol. The Kier molecular flexibility index (Phi) is 3.81. The fourth-order valence-corrected chi connectivity index (χ4v) is 4.46. The van der Waals surface area contributed by atoms with Gasteiger partial charge in [0.2, 0.25) is 5.06 Å². The molecule has 2 aromatic rings. The van der Waals surface area contributed by atoms with Gasteiger partial charge in [0.15, 0.2) is 0 Å². The molecule has 1 atom stereocenters. The molecule has 1 unspecified atom stereocenters. The van der Waals surface area contributed by atoms with E-state index in [0.717, 1.165) is 16.0 Å². The summed E-state index contributed by atoms with van der Waals surface area (Å²) in [6.07, 6.45) is 1.27. The Bertz CT molecular complexity index is 726. The van der Waals surface area contributed by atoms with E-state index in [2.05, 4.69) is 0 Å². The number of phenolic OH excluding ortho intramolecular Hbond substituents is 1. The summed E-state index contributed by atoms with van der Waals surface area (Å²) in [6, 6.07) is 3.64. The number of alkyl halides is 1. The van der Waals surface area contributed by atoms with Crippen molar-refractivity contribution in [2.24, 2.45) is 0 Å². The van der Waals surface area contributed by atoms with Gasteiger partial charge in [-0.3, -0.25) is 0 Å². The molecule has 1 N–H and O–H groups in total. The van der Waals surface area contributed by atoms with Crippen LogP contribution in [-0.4, -0.2) is 5.11 Å². The Morgan fingerprint density at radius 1 is 1.24 bits per heavy atom. The summed E-state index contributed by atoms with van der Waals surface area (Å²) in [5.41, 5.74) is 1.79. The second kappa shape index (κ2) is 5.24. The van der Waals surface area contributed by atoms with Gasteiger partial charge in [-0.15, -0.1) is 11.3 Å². The molecule has 3 rings (SSSR count). The van der Waals surface area contributed by atoms with E-state index >= 15 is 0 Å². The molecule has 21 heavy (non-hydrogen) atoms. The maximum Gasteiger partial charge on any atom is 0.209 e. The van der Waals surface area contributed by atoms with Gasteiger partial charge in [-0.2, -0.15) is 0 Å². The zero-order valence-corrected chi connectivity index (χ0v) is 14.6. The average Bonchev–Trinajstić information content (AvgIpc) is 2.77. The van der Waals surface area contributed by atoms with E-state index < -0.39 is 5.06 Å². The highest BCUT2D eigenvalue weighted by Crippen LogP contribution is 2.51. The highest BCUT2D eigenvalue weighted by atomic mass is 35.5. The number of fused-ring (bicyclic) bond motifs is 1. The van der Waals surface area contributed by atoms with Crippen LogP contribution in [0, 0.1) is 13.8 Å². The van der Waals surface area contributed by atoms with Crippen LogP contribution >= 0.6 is 46.1 Å². The first-order valence-electron chi connectivity index (χ1n) is 6.47. The predicted octanol–water partition coefficient (Wildman–Crippen LogP) is 5.79. The summed E-state index contributed by atoms with van der Waals surface area (Å²) in [5, 5.41) is 9.11. The number of ether oxygens (including phenoxy) is 1. The first-order chi connectivity index (χ1) is 9.82. The van der Waals surface area contributed by atoms with Gasteiger partial charge in [-0.25, -0.2) is 0 Å². The summed E-state index contributed by atoms with van der Waals surface area (Å²) in [4.78, 5) is 2.32. The molecule has 0 fully saturated rings. The van der Waals surface area contributed by atoms with Crippen molar-refractivity contribution in [1.29, 1.82) is 0 Å². The van der Waals surface area contributed by atoms with Crippen molar-refractivity contribution >= 4 is 46.1 Å². The summed E-state index contributed by atoms with van der Waals surface area (Å²) < 4.78 is 6.01. The molecule has 6 heteroatoms. The molecular formula is C15H13Cl3O2S. The van der Waals surface area contributed by atoms with Crippen LogP contribution in [0.2, 0.25) is 10.0 Å². The molecule has 0 aliphatic carbocycles. The largest absolute Gasteiger partial charge is 0.506 e. The molecule has 0 spiro atoms. The van der Waals surface area contributed by atoms with Crippen molar-refractivity contribution in [2.45, 2.75) is 31.7 Å². The van der Waals surface area contributed by atoms with E-state index in [9.17, 15) is 5.11 Å². The summed E-state index contributed by atoms with van der Waals surface area (Å²) in [5.74, 6) is 0.428. The van der Waals surface area contributed by atoms with Gasteiger partial charge in [0.05, 0.1) is 0 Å². The van der Waals surface area contributed by atoms with E-state index in [1.54, 1.807) is 17.4 Å². The van der Waals surface area contributed by atoms with Crippen molar-refractivity contribution in [1.82, 2.24) is 0 Å². The highest BCUT2D eigenvalue weighted by molar-refractivity contribution is 7.12. The minimum absolute atomic E-state index is 0.0337. The van der Waals surface area contributed by atoms with Crippen LogP contribution in [0.25, 0.3) is 0 Å². The molecule has 0 amide bonds. The Labute approximate surface area is 142 Å². The number of halogens is 3. The number of aromatic hydroxyl groups is 1. The fourth-order valence-electron chi connectivity index (χ4n) is 2.64. The number of benzene rings is 1. The lowest BCUT2D eigenvalue weighted by atomic mass is 9.97. The smallest absolute Gasteiger partial charge is 0.209 e. The molecule has 0 bridgehead atoms. The zero-order chi connectivity index (χ0) is 15.4. The Morgan fingerprint density at radius 2 is 1.95 bits per heavy atom. The number of aryl methyl sites for hydroxylation is 3. The molecule has 1 aromatic heterocycles. The van der Waals surface area contributed by atoms with Gasteiger partial charge in [-0.05, 0) is 38.0 Å². The second-order valence-electron chi connectivity index (χ2n) is 5.17. The zero-order valence-electron chi connectivity index (χ0n) is 11.5. The van der Waals surface area contributed by atoms with Crippen LogP contribution in [0.5, 0.6) is 11.5 Å². The van der Waals surface area contributed by atoms with E-state index in [-0.39, 0.29) is 15.8 Å². The van der Waals surface area contributed by atoms with Gasteiger partial charge in [0.25, 0.3) is 0 Å². The van der Waals surface area contributed by atoms with Gasteiger partial charge in [0.1, 0.15) is 21.5 Å². The van der Waals surface area contributed by atoms with E-state index in [4.69, 9.17) is 39.5 Å². The summed E-state index contributed by atoms with van der Waals surface area (Å²) in [7, 11) is 0. The molecule has 0 radical (unpaired) electrons. The molecule has 0 saturated carbocycles. The van der Waals surface area contributed by atoms with Crippen LogP contribution in [0.1, 0.15) is 27.3 Å². The van der Waals surface area contributed by atoms with E-state index in [1.807, 2.05) is 19.9 Å². The minimum atomic E-state index is -0.939. The summed E-state index contributed by atoms with van der Waals surface area (Å²) in [6.45, 7) is 4.07. The maximum atomic E-state index is 9.75. The van der Waals surface area contributed by atoms with Crippen molar-refractivity contribution in [3.05, 3.63) is 43.1 Å². The standard InChI is InChI=1S/C15H13Cl3O2S/c1-7-5-10(8(2)21-7)15(18)4-3-9-6-11(19)12(16)13(17)14(9)20-15/h5-6,19H,3-4H2,1-2H3. The molecule has 112 valence electrons. The molecule has 1 aliphatic rings. The lowest BCUT2D eigenvalue weighted by Gasteiger charge is -2.34. The number of hydrogen-bond acceptors (Lipinski definition) is 3. The lowest BCUT2D eigenvalue weighted by molar-refractivity contribution is 0.130. The van der Waals surface area contributed by atoms with Gasteiger partial charge >= 0.3 is 0 Å². The maximum absolute atomic E-state index is 9.75. The Morgan fingerprint density at radius 3 is 2.57 bits per heavy atom. The first kappa shape index (κ1) is 15.3. The predicted molar refractivity (Wildman–Crippen MR) is 88.4 cm³/mol. The summed E-state index contributed by atoms with van der Waals surface area (Å²) >= 11 is 20.6. The molecule has 2 nitrogen and oxygen atoms in total. The minimum Gasteiger partial charge on any atom is -0.506 e. The molecular weight excluding hydrogens is 351 g/mol. The van der Waals surface area contributed by atoms with Gasteiger partial charge < -0.3 is 9.84 Å². The van der Waals surface area contributed by atoms with Crippen LogP contribution in [0.3, 0.4) is 0 Å². The van der Waals surface area contributed by atoms with Gasteiger partial charge in [0, 0.05) is 21.7 Å². The van der Waals surface area contributed by atoms with Gasteiger partial charge in [-0.1, -0.05) is 34.8 Å². The van der Waals surface area contributed by atoms with E-state index in [0.29, 0.717) is 18.6 Å². The third kappa shape index (κ3) is 2.50. The van der Waals surface area contributed by atoms with Crippen LogP contribution in [-0.2, 0) is 11.5 Å². The Balaban J connectivity index is 2.08. The first-order valence-corrected chi connectivity index (χ1v) is 8.42. The fraction of sp³-hybridized carbons (Fsp3) is 0.333. The average molecular weight is 364 g/mol. The number of hydrogen-bond donors (Lipinski definition) is 1. The quantitative estimate of drug-likeness (QED) is 0.649. The third-order valence-corrected chi connectivity index (χ3v) is 5.92. The number of thiophene rings is 1. The Hall–Kier alpha value is -0.610. The van der Waals surface area contributed by atoms with Crippen molar-refractivity contribution in [3.63, 3.8) is 0 Å². The third-order valence-electron chi connectivity index (χ3n) is 3.64. The lowest BCUT2D eigenvalue weighted by Crippen LogP contribution is -2.31. The topological polar surface area (TPSA) is 29.5 Å². The van der Waals surface area contributed by atoms with Crippen molar-refractivity contribution in [3.8, 4) is 11.5 Å². The molecule has 0 saturated heterocycles. The van der Waals surface area contributed by atoms with Crippen LogP contribution in [0.15, 0.2) is 12.1 Å². The van der Waals surface area contributed by atoms with Crippen molar-refractivity contribution < 1.29 is 9.84 Å². The molecule has 1 aromatic carbocycles. The van der Waals surface area contributed by atoms with Crippen LogP contribution in [0.4, 0.5) is 0 Å². The van der Waals surface area contributed by atoms with Crippen LogP contribution < -0.4 is 4.74 Å². The molecule has 1 aliphatic heterocycles. The molecule has 2 heterocycles. The van der Waals surface area contributed by atoms with E-state index in [1.165, 1.54) is 4.88 Å². The number of phenols is 1.